The van der Waals surface area contributed by atoms with Crippen molar-refractivity contribution in [3.05, 3.63) is 103 Å². The van der Waals surface area contributed by atoms with Crippen molar-refractivity contribution in [3.63, 3.8) is 0 Å². The van der Waals surface area contributed by atoms with Gasteiger partial charge < -0.3 is 5.73 Å². The van der Waals surface area contributed by atoms with Gasteiger partial charge in [-0.2, -0.15) is 0 Å². The van der Waals surface area contributed by atoms with Gasteiger partial charge in [0.1, 0.15) is 28.0 Å². The number of rotatable bonds is 6. The third-order valence-corrected chi connectivity index (χ3v) is 6.65. The molecule has 0 fully saturated rings. The smallest absolute Gasteiger partial charge is 0.332 e. The summed E-state index contributed by atoms with van der Waals surface area (Å²) in [7, 11) is 1.33. The number of thiazole rings is 1. The van der Waals surface area contributed by atoms with Crippen molar-refractivity contribution in [2.24, 2.45) is 7.05 Å². The standard InChI is InChI=1S/C25H22F2N4O3S/c1-13(2)19-21(20(32)16-11-15(26)9-10-17(16)27)35-23(29-19)18-22(28)31(25(34)30(3)24(18)33)12-14-7-5-4-6-8-14/h4-11,13H,12,28H2,1-3H3. The second-order valence-electron chi connectivity index (χ2n) is 8.32. The molecule has 10 heteroatoms. The zero-order valence-corrected chi connectivity index (χ0v) is 20.0. The summed E-state index contributed by atoms with van der Waals surface area (Å²) in [6, 6.07) is 11.7. The van der Waals surface area contributed by atoms with Crippen LogP contribution in [0.5, 0.6) is 0 Å². The lowest BCUT2D eigenvalue weighted by molar-refractivity contribution is 0.103. The third kappa shape index (κ3) is 4.44. The van der Waals surface area contributed by atoms with Gasteiger partial charge in [0.15, 0.2) is 0 Å². The van der Waals surface area contributed by atoms with Crippen LogP contribution in [0, 0.1) is 11.6 Å². The van der Waals surface area contributed by atoms with Crippen LogP contribution in [0.4, 0.5) is 14.6 Å². The molecule has 0 aliphatic rings. The molecule has 0 bridgehead atoms. The molecule has 35 heavy (non-hydrogen) atoms. The van der Waals surface area contributed by atoms with Crippen molar-refractivity contribution in [3.8, 4) is 10.6 Å². The van der Waals surface area contributed by atoms with E-state index >= 15 is 0 Å². The summed E-state index contributed by atoms with van der Waals surface area (Å²) in [5, 5.41) is 0.119. The Labute approximate surface area is 203 Å². The number of halogens is 2. The predicted molar refractivity (Wildman–Crippen MR) is 131 cm³/mol. The lowest BCUT2D eigenvalue weighted by atomic mass is 10.0. The molecule has 4 rings (SSSR count). The van der Waals surface area contributed by atoms with Crippen LogP contribution in [-0.2, 0) is 13.6 Å². The molecule has 0 amide bonds. The van der Waals surface area contributed by atoms with Gasteiger partial charge in [-0.05, 0) is 29.7 Å². The van der Waals surface area contributed by atoms with Crippen molar-refractivity contribution >= 4 is 22.9 Å². The van der Waals surface area contributed by atoms with Gasteiger partial charge in [-0.1, -0.05) is 44.2 Å². The minimum Gasteiger partial charge on any atom is -0.384 e. The van der Waals surface area contributed by atoms with Crippen molar-refractivity contribution in [1.29, 1.82) is 0 Å². The first-order valence-corrected chi connectivity index (χ1v) is 11.6. The van der Waals surface area contributed by atoms with Crippen LogP contribution in [0.15, 0.2) is 58.1 Å². The first-order valence-electron chi connectivity index (χ1n) is 10.7. The highest BCUT2D eigenvalue weighted by atomic mass is 32.1. The first kappa shape index (κ1) is 24.2. The third-order valence-electron chi connectivity index (χ3n) is 5.56. The van der Waals surface area contributed by atoms with E-state index in [-0.39, 0.29) is 33.7 Å². The summed E-state index contributed by atoms with van der Waals surface area (Å²) in [5.41, 5.74) is 5.70. The largest absolute Gasteiger partial charge is 0.384 e. The molecule has 2 aromatic carbocycles. The number of aromatic nitrogens is 3. The van der Waals surface area contributed by atoms with E-state index in [1.807, 2.05) is 30.3 Å². The molecule has 7 nitrogen and oxygen atoms in total. The number of nitrogen functional groups attached to an aromatic ring is 1. The maximum atomic E-state index is 14.3. The summed E-state index contributed by atoms with van der Waals surface area (Å²) >= 11 is 0.858. The van der Waals surface area contributed by atoms with E-state index in [1.54, 1.807) is 13.8 Å². The highest BCUT2D eigenvalue weighted by molar-refractivity contribution is 7.17. The molecular weight excluding hydrogens is 474 g/mol. The number of carbonyl (C=O) groups is 1. The first-order chi connectivity index (χ1) is 16.6. The summed E-state index contributed by atoms with van der Waals surface area (Å²) in [4.78, 5) is 43.7. The van der Waals surface area contributed by atoms with E-state index < -0.39 is 34.2 Å². The molecule has 4 aromatic rings. The zero-order valence-electron chi connectivity index (χ0n) is 19.2. The fourth-order valence-electron chi connectivity index (χ4n) is 3.69. The number of ketones is 1. The molecule has 2 heterocycles. The number of hydrogen-bond donors (Lipinski definition) is 1. The fraction of sp³-hybridized carbons (Fsp3) is 0.200. The molecule has 0 radical (unpaired) electrons. The Balaban J connectivity index is 1.91. The molecule has 0 spiro atoms. The average molecular weight is 497 g/mol. The van der Waals surface area contributed by atoms with Gasteiger partial charge in [0.25, 0.3) is 5.56 Å². The van der Waals surface area contributed by atoms with Gasteiger partial charge in [-0.25, -0.2) is 18.6 Å². The lowest BCUT2D eigenvalue weighted by Gasteiger charge is -2.14. The van der Waals surface area contributed by atoms with Crippen molar-refractivity contribution in [2.75, 3.05) is 5.73 Å². The molecule has 0 aliphatic carbocycles. The number of carbonyl (C=O) groups excluding carboxylic acids is 1. The maximum absolute atomic E-state index is 14.3. The zero-order chi connectivity index (χ0) is 25.4. The maximum Gasteiger partial charge on any atom is 0.332 e. The monoisotopic (exact) mass is 496 g/mol. The molecule has 0 atom stereocenters. The topological polar surface area (TPSA) is 100.0 Å². The number of anilines is 1. The van der Waals surface area contributed by atoms with Crippen molar-refractivity contribution in [2.45, 2.75) is 26.3 Å². The van der Waals surface area contributed by atoms with Crippen LogP contribution in [0.25, 0.3) is 10.6 Å². The van der Waals surface area contributed by atoms with Gasteiger partial charge in [0, 0.05) is 7.05 Å². The Morgan fingerprint density at radius 1 is 1.11 bits per heavy atom. The second kappa shape index (κ2) is 9.38. The van der Waals surface area contributed by atoms with E-state index in [9.17, 15) is 23.2 Å². The van der Waals surface area contributed by atoms with Gasteiger partial charge in [-0.3, -0.25) is 18.7 Å². The van der Waals surface area contributed by atoms with Crippen molar-refractivity contribution in [1.82, 2.24) is 14.1 Å². The van der Waals surface area contributed by atoms with Gasteiger partial charge >= 0.3 is 5.69 Å². The molecule has 0 saturated carbocycles. The number of nitrogens with two attached hydrogens (primary N) is 1. The quantitative estimate of drug-likeness (QED) is 0.408. The Morgan fingerprint density at radius 2 is 1.80 bits per heavy atom. The van der Waals surface area contributed by atoms with Crippen LogP contribution in [0.2, 0.25) is 0 Å². The fourth-order valence-corrected chi connectivity index (χ4v) is 4.91. The molecule has 0 saturated heterocycles. The van der Waals surface area contributed by atoms with Crippen LogP contribution >= 0.6 is 11.3 Å². The lowest BCUT2D eigenvalue weighted by Crippen LogP contribution is -2.40. The van der Waals surface area contributed by atoms with E-state index in [4.69, 9.17) is 5.73 Å². The SMILES string of the molecule is CC(C)c1nc(-c2c(N)n(Cc3ccccc3)c(=O)n(C)c2=O)sc1C(=O)c1cc(F)ccc1F. The molecule has 180 valence electrons. The predicted octanol–water partition coefficient (Wildman–Crippen LogP) is 3.93. The Morgan fingerprint density at radius 3 is 2.46 bits per heavy atom. The highest BCUT2D eigenvalue weighted by Gasteiger charge is 2.27. The highest BCUT2D eigenvalue weighted by Crippen LogP contribution is 2.34. The summed E-state index contributed by atoms with van der Waals surface area (Å²) in [6.07, 6.45) is 0. The second-order valence-corrected chi connectivity index (χ2v) is 9.32. The molecule has 2 aromatic heterocycles. The van der Waals surface area contributed by atoms with Crippen molar-refractivity contribution < 1.29 is 13.6 Å². The van der Waals surface area contributed by atoms with Crippen LogP contribution in [0.3, 0.4) is 0 Å². The minimum absolute atomic E-state index is 0.0336. The average Bonchev–Trinajstić information content (AvgIpc) is 3.28. The van der Waals surface area contributed by atoms with E-state index in [0.29, 0.717) is 5.69 Å². The summed E-state index contributed by atoms with van der Waals surface area (Å²) < 4.78 is 30.3. The van der Waals surface area contributed by atoms with E-state index in [2.05, 4.69) is 4.98 Å². The van der Waals surface area contributed by atoms with Crippen LogP contribution in [-0.4, -0.2) is 19.9 Å². The summed E-state index contributed by atoms with van der Waals surface area (Å²) in [5.74, 6) is -2.73. The Bertz CT molecular complexity index is 1560. The van der Waals surface area contributed by atoms with Gasteiger partial charge in [0.2, 0.25) is 5.78 Å². The summed E-state index contributed by atoms with van der Waals surface area (Å²) in [6.45, 7) is 3.69. The van der Waals surface area contributed by atoms with Gasteiger partial charge in [0.05, 0.1) is 22.7 Å². The normalized spacial score (nSPS) is 11.3. The molecule has 0 aliphatic heterocycles. The Kier molecular flexibility index (Phi) is 6.49. The van der Waals surface area contributed by atoms with Gasteiger partial charge in [-0.15, -0.1) is 11.3 Å². The van der Waals surface area contributed by atoms with Crippen LogP contribution in [0.1, 0.15) is 46.3 Å². The molecular formula is C25H22F2N4O3S. The number of nitrogens with zero attached hydrogens (tertiary/aromatic N) is 3. The molecule has 2 N–H and O–H groups in total. The van der Waals surface area contributed by atoms with E-state index in [1.165, 1.54) is 11.6 Å². The van der Waals surface area contributed by atoms with E-state index in [0.717, 1.165) is 39.7 Å². The minimum atomic E-state index is -0.868. The van der Waals surface area contributed by atoms with Crippen LogP contribution < -0.4 is 17.0 Å². The number of benzene rings is 2. The Hall–Kier alpha value is -3.92. The molecule has 0 unspecified atom stereocenters. The number of hydrogen-bond acceptors (Lipinski definition) is 6.